The fourth-order valence-electron chi connectivity index (χ4n) is 2.02. The number of rotatable bonds is 5. The Hall–Kier alpha value is -2.20. The van der Waals surface area contributed by atoms with Crippen molar-refractivity contribution in [3.8, 4) is 0 Å². The molecule has 1 unspecified atom stereocenters. The van der Waals surface area contributed by atoms with E-state index in [1.807, 2.05) is 13.0 Å². The van der Waals surface area contributed by atoms with Gasteiger partial charge in [0.05, 0.1) is 5.56 Å². The summed E-state index contributed by atoms with van der Waals surface area (Å²) in [6.07, 6.45) is 0. The first-order valence-corrected chi connectivity index (χ1v) is 6.38. The largest absolute Gasteiger partial charge is 0.478 e. The number of benzene rings is 2. The number of carboxylic acid groups (broad SMARTS) is 1. The Morgan fingerprint density at radius 2 is 2.00 bits per heavy atom. The summed E-state index contributed by atoms with van der Waals surface area (Å²) in [5.74, 6) is -1.19. The molecular formula is C16H16FNO2. The van der Waals surface area contributed by atoms with Crippen molar-refractivity contribution >= 4 is 5.97 Å². The van der Waals surface area contributed by atoms with Crippen LogP contribution in [-0.4, -0.2) is 11.1 Å². The zero-order chi connectivity index (χ0) is 14.5. The summed E-state index contributed by atoms with van der Waals surface area (Å²) >= 11 is 0. The minimum Gasteiger partial charge on any atom is -0.478 e. The van der Waals surface area contributed by atoms with Crippen LogP contribution in [0.2, 0.25) is 0 Å². The maximum atomic E-state index is 13.6. The van der Waals surface area contributed by atoms with E-state index < -0.39 is 5.97 Å². The fraction of sp³-hybridized carbons (Fsp3) is 0.188. The summed E-state index contributed by atoms with van der Waals surface area (Å²) in [5.41, 5.74) is 1.71. The third-order valence-corrected chi connectivity index (χ3v) is 3.16. The fourth-order valence-corrected chi connectivity index (χ4v) is 2.02. The first-order valence-electron chi connectivity index (χ1n) is 6.38. The lowest BCUT2D eigenvalue weighted by atomic mass is 10.1. The van der Waals surface area contributed by atoms with E-state index in [-0.39, 0.29) is 17.4 Å². The normalized spacial score (nSPS) is 12.1. The Labute approximate surface area is 117 Å². The highest BCUT2D eigenvalue weighted by molar-refractivity contribution is 5.87. The van der Waals surface area contributed by atoms with Crippen LogP contribution in [0, 0.1) is 5.82 Å². The Balaban J connectivity index is 2.04. The van der Waals surface area contributed by atoms with Crippen molar-refractivity contribution in [2.75, 3.05) is 0 Å². The second-order valence-electron chi connectivity index (χ2n) is 4.63. The minimum absolute atomic E-state index is 0.148. The van der Waals surface area contributed by atoms with E-state index in [1.54, 1.807) is 36.4 Å². The number of nitrogens with one attached hydrogen (secondary N) is 1. The van der Waals surface area contributed by atoms with Crippen molar-refractivity contribution in [3.05, 3.63) is 71.0 Å². The van der Waals surface area contributed by atoms with Gasteiger partial charge in [0.15, 0.2) is 0 Å². The van der Waals surface area contributed by atoms with E-state index in [0.717, 1.165) is 5.56 Å². The van der Waals surface area contributed by atoms with Crippen molar-refractivity contribution in [2.24, 2.45) is 0 Å². The lowest BCUT2D eigenvalue weighted by Crippen LogP contribution is -2.19. The van der Waals surface area contributed by atoms with Gasteiger partial charge in [-0.3, -0.25) is 0 Å². The second kappa shape index (κ2) is 6.30. The van der Waals surface area contributed by atoms with Crippen LogP contribution in [0.25, 0.3) is 0 Å². The third-order valence-electron chi connectivity index (χ3n) is 3.16. The van der Waals surface area contributed by atoms with Crippen LogP contribution in [0.3, 0.4) is 0 Å². The molecular weight excluding hydrogens is 257 g/mol. The molecule has 4 heteroatoms. The maximum Gasteiger partial charge on any atom is 0.335 e. The van der Waals surface area contributed by atoms with Gasteiger partial charge in [0.2, 0.25) is 0 Å². The summed E-state index contributed by atoms with van der Waals surface area (Å²) in [6, 6.07) is 13.2. The molecule has 20 heavy (non-hydrogen) atoms. The summed E-state index contributed by atoms with van der Waals surface area (Å²) in [6.45, 7) is 2.36. The number of aromatic carboxylic acids is 1. The average Bonchev–Trinajstić information content (AvgIpc) is 2.45. The molecule has 104 valence electrons. The lowest BCUT2D eigenvalue weighted by molar-refractivity contribution is 0.0696. The van der Waals surface area contributed by atoms with Crippen molar-refractivity contribution in [2.45, 2.75) is 19.5 Å². The molecule has 0 bridgehead atoms. The zero-order valence-corrected chi connectivity index (χ0v) is 11.1. The SMILES string of the molecule is CC(NCc1cccc(C(=O)O)c1)c1ccccc1F. The van der Waals surface area contributed by atoms with E-state index >= 15 is 0 Å². The van der Waals surface area contributed by atoms with Crippen molar-refractivity contribution < 1.29 is 14.3 Å². The average molecular weight is 273 g/mol. The van der Waals surface area contributed by atoms with Crippen LogP contribution in [0.1, 0.15) is 34.5 Å². The number of halogens is 1. The smallest absolute Gasteiger partial charge is 0.335 e. The van der Waals surface area contributed by atoms with Crippen LogP contribution < -0.4 is 5.32 Å². The van der Waals surface area contributed by atoms with Gasteiger partial charge in [-0.15, -0.1) is 0 Å². The summed E-state index contributed by atoms with van der Waals surface area (Å²) < 4.78 is 13.6. The Morgan fingerprint density at radius 3 is 2.70 bits per heavy atom. The van der Waals surface area contributed by atoms with Crippen LogP contribution in [-0.2, 0) is 6.54 Å². The highest BCUT2D eigenvalue weighted by Gasteiger charge is 2.10. The van der Waals surface area contributed by atoms with Gasteiger partial charge in [-0.25, -0.2) is 9.18 Å². The summed E-state index contributed by atoms with van der Waals surface area (Å²) in [7, 11) is 0. The third kappa shape index (κ3) is 3.42. The zero-order valence-electron chi connectivity index (χ0n) is 11.1. The second-order valence-corrected chi connectivity index (χ2v) is 4.63. The molecule has 0 aliphatic carbocycles. The van der Waals surface area contributed by atoms with Gasteiger partial charge in [-0.1, -0.05) is 30.3 Å². The molecule has 3 nitrogen and oxygen atoms in total. The van der Waals surface area contributed by atoms with Gasteiger partial charge in [0.25, 0.3) is 0 Å². The monoisotopic (exact) mass is 273 g/mol. The molecule has 1 atom stereocenters. The molecule has 0 radical (unpaired) electrons. The molecule has 0 heterocycles. The number of carboxylic acids is 1. The van der Waals surface area contributed by atoms with Gasteiger partial charge in [0.1, 0.15) is 5.82 Å². The van der Waals surface area contributed by atoms with Crippen molar-refractivity contribution in [3.63, 3.8) is 0 Å². The van der Waals surface area contributed by atoms with Crippen molar-refractivity contribution in [1.82, 2.24) is 5.32 Å². The number of hydrogen-bond donors (Lipinski definition) is 2. The molecule has 2 aromatic carbocycles. The van der Waals surface area contributed by atoms with Gasteiger partial charge in [-0.05, 0) is 30.7 Å². The highest BCUT2D eigenvalue weighted by atomic mass is 19.1. The topological polar surface area (TPSA) is 49.3 Å². The van der Waals surface area contributed by atoms with E-state index in [4.69, 9.17) is 5.11 Å². The molecule has 0 aliphatic heterocycles. The lowest BCUT2D eigenvalue weighted by Gasteiger charge is -2.15. The van der Waals surface area contributed by atoms with Gasteiger partial charge < -0.3 is 10.4 Å². The summed E-state index contributed by atoms with van der Waals surface area (Å²) in [4.78, 5) is 10.9. The maximum absolute atomic E-state index is 13.6. The molecule has 0 aromatic heterocycles. The Morgan fingerprint density at radius 1 is 1.25 bits per heavy atom. The van der Waals surface area contributed by atoms with E-state index in [1.165, 1.54) is 6.07 Å². The molecule has 2 rings (SSSR count). The first kappa shape index (κ1) is 14.2. The predicted octanol–water partition coefficient (Wildman–Crippen LogP) is 3.37. The van der Waals surface area contributed by atoms with E-state index in [2.05, 4.69) is 5.32 Å². The van der Waals surface area contributed by atoms with E-state index in [0.29, 0.717) is 12.1 Å². The molecule has 0 spiro atoms. The van der Waals surface area contributed by atoms with Gasteiger partial charge in [-0.2, -0.15) is 0 Å². The van der Waals surface area contributed by atoms with Crippen LogP contribution in [0.15, 0.2) is 48.5 Å². The Bertz CT molecular complexity index is 613. The van der Waals surface area contributed by atoms with Crippen LogP contribution in [0.4, 0.5) is 4.39 Å². The van der Waals surface area contributed by atoms with E-state index in [9.17, 15) is 9.18 Å². The number of hydrogen-bond acceptors (Lipinski definition) is 2. The molecule has 0 aliphatic rings. The molecule has 2 aromatic rings. The number of carbonyl (C=O) groups is 1. The highest BCUT2D eigenvalue weighted by Crippen LogP contribution is 2.16. The molecule has 0 saturated heterocycles. The Kier molecular flexibility index (Phi) is 4.48. The standard InChI is InChI=1S/C16H16FNO2/c1-11(14-7-2-3-8-15(14)17)18-10-12-5-4-6-13(9-12)16(19)20/h2-9,11,18H,10H2,1H3,(H,19,20). The predicted molar refractivity (Wildman–Crippen MR) is 75.1 cm³/mol. The van der Waals surface area contributed by atoms with Gasteiger partial charge >= 0.3 is 5.97 Å². The molecule has 2 N–H and O–H groups in total. The summed E-state index contributed by atoms with van der Waals surface area (Å²) in [5, 5.41) is 12.1. The minimum atomic E-state index is -0.950. The molecule has 0 fully saturated rings. The van der Waals surface area contributed by atoms with Gasteiger partial charge in [0, 0.05) is 18.2 Å². The van der Waals surface area contributed by atoms with Crippen LogP contribution >= 0.6 is 0 Å². The quantitative estimate of drug-likeness (QED) is 0.878. The molecule has 0 amide bonds. The molecule has 0 saturated carbocycles. The van der Waals surface area contributed by atoms with Crippen LogP contribution in [0.5, 0.6) is 0 Å². The first-order chi connectivity index (χ1) is 9.58. The van der Waals surface area contributed by atoms with Crippen molar-refractivity contribution in [1.29, 1.82) is 0 Å².